The van der Waals surface area contributed by atoms with Crippen LogP contribution in [0.1, 0.15) is 32.6 Å². The van der Waals surface area contributed by atoms with Crippen LogP contribution in [0.15, 0.2) is 0 Å². The molecule has 5 nitrogen and oxygen atoms in total. The molecule has 6 heteroatoms. The molecule has 0 spiro atoms. The van der Waals surface area contributed by atoms with Crippen LogP contribution in [0.4, 0.5) is 0 Å². The maximum atomic E-state index is 12.1. The van der Waals surface area contributed by atoms with E-state index in [4.69, 9.17) is 0 Å². The second-order valence-electron chi connectivity index (χ2n) is 5.56. The van der Waals surface area contributed by atoms with Crippen molar-refractivity contribution in [3.8, 4) is 0 Å². The molecule has 1 amide bonds. The van der Waals surface area contributed by atoms with E-state index in [0.29, 0.717) is 19.1 Å². The zero-order valence-electron chi connectivity index (χ0n) is 11.7. The van der Waals surface area contributed by atoms with Gasteiger partial charge in [-0.3, -0.25) is 9.69 Å². The molecular weight excluding hydrogens is 264 g/mol. The lowest BCUT2D eigenvalue weighted by molar-refractivity contribution is -0.130. The largest absolute Gasteiger partial charge is 0.340 e. The summed E-state index contributed by atoms with van der Waals surface area (Å²) in [6.07, 6.45) is 4.60. The lowest BCUT2D eigenvalue weighted by Crippen LogP contribution is -2.50. The first kappa shape index (κ1) is 14.8. The zero-order valence-corrected chi connectivity index (χ0v) is 12.5. The summed E-state index contributed by atoms with van der Waals surface area (Å²) in [5.74, 6) is -0.496. The molecule has 110 valence electrons. The summed E-state index contributed by atoms with van der Waals surface area (Å²) in [5, 5.41) is 0. The molecule has 0 aromatic carbocycles. The van der Waals surface area contributed by atoms with Gasteiger partial charge in [-0.05, 0) is 38.8 Å². The van der Waals surface area contributed by atoms with Gasteiger partial charge in [0.25, 0.3) is 0 Å². The Kier molecular flexibility index (Phi) is 4.84. The summed E-state index contributed by atoms with van der Waals surface area (Å²) in [6.45, 7) is 5.26. The molecule has 2 heterocycles. The highest BCUT2D eigenvalue weighted by Crippen LogP contribution is 2.20. The number of carbonyl (C=O) groups excluding carboxylic acids is 1. The molecule has 0 bridgehead atoms. The van der Waals surface area contributed by atoms with Gasteiger partial charge in [0.1, 0.15) is 5.75 Å². The van der Waals surface area contributed by atoms with Crippen LogP contribution >= 0.6 is 0 Å². The fourth-order valence-corrected chi connectivity index (χ4v) is 3.73. The molecule has 0 radical (unpaired) electrons. The van der Waals surface area contributed by atoms with Gasteiger partial charge in [0, 0.05) is 24.9 Å². The van der Waals surface area contributed by atoms with E-state index in [0.717, 1.165) is 25.9 Å². The fraction of sp³-hybridized carbons (Fsp3) is 0.923. The van der Waals surface area contributed by atoms with E-state index < -0.39 is 9.84 Å². The molecule has 0 aromatic heterocycles. The van der Waals surface area contributed by atoms with E-state index in [2.05, 4.69) is 4.90 Å². The van der Waals surface area contributed by atoms with E-state index in [-0.39, 0.29) is 17.4 Å². The van der Waals surface area contributed by atoms with Crippen molar-refractivity contribution in [1.29, 1.82) is 0 Å². The molecule has 0 N–H and O–H groups in total. The Balaban J connectivity index is 1.91. The molecule has 2 aliphatic heterocycles. The number of hydrogen-bond acceptors (Lipinski definition) is 4. The van der Waals surface area contributed by atoms with E-state index in [1.54, 1.807) is 11.8 Å². The Morgan fingerprint density at radius 2 is 1.84 bits per heavy atom. The average molecular weight is 288 g/mol. The molecule has 1 unspecified atom stereocenters. The number of rotatable bonds is 4. The number of hydrogen-bond donors (Lipinski definition) is 0. The quantitative estimate of drug-likeness (QED) is 0.756. The van der Waals surface area contributed by atoms with Crippen LogP contribution in [-0.4, -0.2) is 67.9 Å². The number of piperidine rings is 1. The standard InChI is InChI=1S/C13H24N2O3S/c1-2-19(17,18)11-13(16)15-9-5-6-12(10-15)14-7-3-4-8-14/h12H,2-11H2,1H3. The second-order valence-corrected chi connectivity index (χ2v) is 7.91. The van der Waals surface area contributed by atoms with Crippen molar-refractivity contribution in [3.05, 3.63) is 0 Å². The zero-order chi connectivity index (χ0) is 13.9. The van der Waals surface area contributed by atoms with Gasteiger partial charge in [-0.25, -0.2) is 8.42 Å². The van der Waals surface area contributed by atoms with Gasteiger partial charge in [-0.2, -0.15) is 0 Å². The number of sulfone groups is 1. The average Bonchev–Trinajstić information content (AvgIpc) is 2.92. The predicted molar refractivity (Wildman–Crippen MR) is 74.7 cm³/mol. The van der Waals surface area contributed by atoms with Gasteiger partial charge in [0.15, 0.2) is 9.84 Å². The Hall–Kier alpha value is -0.620. The summed E-state index contributed by atoms with van der Waals surface area (Å²) < 4.78 is 23.1. The van der Waals surface area contributed by atoms with Crippen molar-refractivity contribution in [2.24, 2.45) is 0 Å². The maximum absolute atomic E-state index is 12.1. The molecule has 2 aliphatic rings. The minimum absolute atomic E-state index is 0.0438. The maximum Gasteiger partial charge on any atom is 0.237 e. The molecule has 1 atom stereocenters. The summed E-state index contributed by atoms with van der Waals surface area (Å²) in [7, 11) is -3.21. The highest BCUT2D eigenvalue weighted by Gasteiger charge is 2.30. The van der Waals surface area contributed by atoms with Crippen molar-refractivity contribution in [3.63, 3.8) is 0 Å². The smallest absolute Gasteiger partial charge is 0.237 e. The third-order valence-electron chi connectivity index (χ3n) is 4.19. The van der Waals surface area contributed by atoms with E-state index >= 15 is 0 Å². The van der Waals surface area contributed by atoms with Crippen molar-refractivity contribution in [2.45, 2.75) is 38.6 Å². The highest BCUT2D eigenvalue weighted by molar-refractivity contribution is 7.92. The number of amides is 1. The Bertz CT molecular complexity index is 416. The summed E-state index contributed by atoms with van der Waals surface area (Å²) in [5.41, 5.74) is 0. The molecule has 0 aromatic rings. The van der Waals surface area contributed by atoms with Crippen LogP contribution < -0.4 is 0 Å². The van der Waals surface area contributed by atoms with Gasteiger partial charge in [0.2, 0.25) is 5.91 Å². The van der Waals surface area contributed by atoms with Crippen LogP contribution in [0, 0.1) is 0 Å². The van der Waals surface area contributed by atoms with Crippen molar-refractivity contribution >= 4 is 15.7 Å². The molecule has 0 aliphatic carbocycles. The van der Waals surface area contributed by atoms with E-state index in [1.807, 2.05) is 0 Å². The van der Waals surface area contributed by atoms with Crippen LogP contribution in [0.5, 0.6) is 0 Å². The molecule has 2 saturated heterocycles. The first-order valence-corrected chi connectivity index (χ1v) is 9.06. The van der Waals surface area contributed by atoms with E-state index in [9.17, 15) is 13.2 Å². The van der Waals surface area contributed by atoms with Gasteiger partial charge in [-0.15, -0.1) is 0 Å². The van der Waals surface area contributed by atoms with Crippen LogP contribution in [0.3, 0.4) is 0 Å². The first-order valence-electron chi connectivity index (χ1n) is 7.24. The highest BCUT2D eigenvalue weighted by atomic mass is 32.2. The minimum atomic E-state index is -3.21. The predicted octanol–water partition coefficient (Wildman–Crippen LogP) is 0.508. The Morgan fingerprint density at radius 1 is 1.16 bits per heavy atom. The van der Waals surface area contributed by atoms with Gasteiger partial charge < -0.3 is 4.90 Å². The molecule has 2 fully saturated rings. The second kappa shape index (κ2) is 6.22. The third kappa shape index (κ3) is 3.92. The van der Waals surface area contributed by atoms with Crippen molar-refractivity contribution in [1.82, 2.24) is 9.80 Å². The van der Waals surface area contributed by atoms with Crippen LogP contribution in [0.2, 0.25) is 0 Å². The van der Waals surface area contributed by atoms with Crippen molar-refractivity contribution < 1.29 is 13.2 Å². The molecular formula is C13H24N2O3S. The number of carbonyl (C=O) groups is 1. The van der Waals surface area contributed by atoms with Crippen molar-refractivity contribution in [2.75, 3.05) is 37.7 Å². The summed E-state index contributed by atoms with van der Waals surface area (Å²) in [4.78, 5) is 16.3. The third-order valence-corrected chi connectivity index (χ3v) is 5.76. The van der Waals surface area contributed by atoms with Crippen LogP contribution in [-0.2, 0) is 14.6 Å². The topological polar surface area (TPSA) is 57.7 Å². The summed E-state index contributed by atoms with van der Waals surface area (Å²) >= 11 is 0. The Morgan fingerprint density at radius 3 is 2.47 bits per heavy atom. The molecule has 0 saturated carbocycles. The number of nitrogens with zero attached hydrogens (tertiary/aromatic N) is 2. The molecule has 2 rings (SSSR count). The fourth-order valence-electron chi connectivity index (χ4n) is 2.97. The lowest BCUT2D eigenvalue weighted by atomic mass is 10.0. The summed E-state index contributed by atoms with van der Waals surface area (Å²) in [6, 6.07) is 0.435. The Labute approximate surface area is 115 Å². The van der Waals surface area contributed by atoms with Gasteiger partial charge >= 0.3 is 0 Å². The monoisotopic (exact) mass is 288 g/mol. The van der Waals surface area contributed by atoms with E-state index in [1.165, 1.54) is 12.8 Å². The van der Waals surface area contributed by atoms with Gasteiger partial charge in [0.05, 0.1) is 0 Å². The first-order chi connectivity index (χ1) is 9.02. The number of likely N-dealkylation sites (tertiary alicyclic amines) is 2. The SMILES string of the molecule is CCS(=O)(=O)CC(=O)N1CCCC(N2CCCC2)C1. The minimum Gasteiger partial charge on any atom is -0.340 e. The van der Waals surface area contributed by atoms with Gasteiger partial charge in [-0.1, -0.05) is 6.92 Å². The lowest BCUT2D eigenvalue weighted by Gasteiger charge is -2.37. The van der Waals surface area contributed by atoms with Crippen LogP contribution in [0.25, 0.3) is 0 Å². The molecule has 19 heavy (non-hydrogen) atoms. The normalized spacial score (nSPS) is 25.7.